The molecule has 2 amide bonds. The lowest BCUT2D eigenvalue weighted by molar-refractivity contribution is 0.0936. The summed E-state index contributed by atoms with van der Waals surface area (Å²) < 4.78 is 4.41. The van der Waals surface area contributed by atoms with E-state index in [-0.39, 0.29) is 24.5 Å². The number of aromatic hydroxyl groups is 1. The summed E-state index contributed by atoms with van der Waals surface area (Å²) in [6.07, 6.45) is 1.63. The van der Waals surface area contributed by atoms with E-state index in [9.17, 15) is 9.59 Å². The maximum Gasteiger partial charge on any atom is 0.404 e. The first-order valence-electron chi connectivity index (χ1n) is 4.44. The zero-order chi connectivity index (χ0) is 12.0. The summed E-state index contributed by atoms with van der Waals surface area (Å²) in [5.41, 5.74) is 4.94. The van der Waals surface area contributed by atoms with E-state index in [1.165, 1.54) is 18.5 Å². The maximum atomic E-state index is 11.4. The predicted molar refractivity (Wildman–Crippen MR) is 53.8 cm³/mol. The number of rotatable bonds is 4. The molecule has 0 atom stereocenters. The molecule has 16 heavy (non-hydrogen) atoms. The minimum Gasteiger partial charge on any atom is -0.506 e. The first kappa shape index (κ1) is 11.8. The molecule has 0 aliphatic heterocycles. The van der Waals surface area contributed by atoms with Crippen molar-refractivity contribution in [2.75, 3.05) is 13.2 Å². The summed E-state index contributed by atoms with van der Waals surface area (Å²) in [7, 11) is 0. The summed E-state index contributed by atoms with van der Waals surface area (Å²) in [4.78, 5) is 25.3. The normalized spacial score (nSPS) is 9.50. The number of carbonyl (C=O) groups is 2. The van der Waals surface area contributed by atoms with E-state index in [1.807, 2.05) is 0 Å². The minimum atomic E-state index is -0.895. The van der Waals surface area contributed by atoms with Crippen LogP contribution in [0, 0.1) is 0 Å². The fourth-order valence-electron chi connectivity index (χ4n) is 0.970. The van der Waals surface area contributed by atoms with Gasteiger partial charge in [-0.05, 0) is 6.07 Å². The molecule has 4 N–H and O–H groups in total. The molecule has 7 heteroatoms. The van der Waals surface area contributed by atoms with Crippen LogP contribution in [0.4, 0.5) is 4.79 Å². The monoisotopic (exact) mass is 225 g/mol. The van der Waals surface area contributed by atoms with Crippen LogP contribution in [0.25, 0.3) is 0 Å². The molecule has 0 saturated heterocycles. The number of nitrogens with one attached hydrogen (secondary N) is 1. The molecule has 86 valence electrons. The first-order valence-corrected chi connectivity index (χ1v) is 4.44. The molecule has 0 unspecified atom stereocenters. The molecule has 1 aromatic heterocycles. The molecule has 1 rings (SSSR count). The number of pyridine rings is 1. The standard InChI is InChI=1S/C9H11N3O4/c10-9(15)16-2-1-12-8(14)6-3-7(13)5-11-4-6/h3-5,13H,1-2H2,(H2,10,15)(H,12,14). The lowest BCUT2D eigenvalue weighted by Crippen LogP contribution is -2.29. The van der Waals surface area contributed by atoms with Crippen molar-refractivity contribution < 1.29 is 19.4 Å². The van der Waals surface area contributed by atoms with Gasteiger partial charge in [-0.2, -0.15) is 0 Å². The van der Waals surface area contributed by atoms with E-state index in [0.29, 0.717) is 0 Å². The zero-order valence-electron chi connectivity index (χ0n) is 8.34. The van der Waals surface area contributed by atoms with Crippen LogP contribution in [0.3, 0.4) is 0 Å². The van der Waals surface area contributed by atoms with Crippen LogP contribution in [0.1, 0.15) is 10.4 Å². The number of ether oxygens (including phenoxy) is 1. The quantitative estimate of drug-likeness (QED) is 0.604. The fourth-order valence-corrected chi connectivity index (χ4v) is 0.970. The van der Waals surface area contributed by atoms with E-state index < -0.39 is 12.0 Å². The van der Waals surface area contributed by atoms with E-state index in [1.54, 1.807) is 0 Å². The number of primary amides is 1. The van der Waals surface area contributed by atoms with Crippen molar-refractivity contribution in [2.24, 2.45) is 5.73 Å². The first-order chi connectivity index (χ1) is 7.59. The van der Waals surface area contributed by atoms with E-state index in [0.717, 1.165) is 0 Å². The van der Waals surface area contributed by atoms with Crippen molar-refractivity contribution in [3.63, 3.8) is 0 Å². The highest BCUT2D eigenvalue weighted by molar-refractivity contribution is 5.94. The van der Waals surface area contributed by atoms with Gasteiger partial charge in [-0.1, -0.05) is 0 Å². The summed E-state index contributed by atoms with van der Waals surface area (Å²) >= 11 is 0. The molecule has 1 heterocycles. The van der Waals surface area contributed by atoms with Gasteiger partial charge in [-0.15, -0.1) is 0 Å². The summed E-state index contributed by atoms with van der Waals surface area (Å²) in [5.74, 6) is -0.516. The van der Waals surface area contributed by atoms with Gasteiger partial charge >= 0.3 is 6.09 Å². The number of aromatic nitrogens is 1. The molecule has 0 aliphatic rings. The molecule has 0 bridgehead atoms. The molecule has 0 spiro atoms. The third-order valence-corrected chi connectivity index (χ3v) is 1.62. The predicted octanol–water partition coefficient (Wildman–Crippen LogP) is -0.388. The van der Waals surface area contributed by atoms with Crippen LogP contribution in [-0.4, -0.2) is 35.2 Å². The van der Waals surface area contributed by atoms with Crippen LogP contribution in [0.2, 0.25) is 0 Å². The van der Waals surface area contributed by atoms with Crippen LogP contribution < -0.4 is 11.1 Å². The van der Waals surface area contributed by atoms with Crippen LogP contribution in [0.15, 0.2) is 18.5 Å². The van der Waals surface area contributed by atoms with Crippen molar-refractivity contribution >= 4 is 12.0 Å². The van der Waals surface area contributed by atoms with Gasteiger partial charge in [0, 0.05) is 6.20 Å². The minimum absolute atomic E-state index is 0.00663. The lowest BCUT2D eigenvalue weighted by Gasteiger charge is -2.04. The van der Waals surface area contributed by atoms with Gasteiger partial charge in [0.05, 0.1) is 18.3 Å². The SMILES string of the molecule is NC(=O)OCCNC(=O)c1cncc(O)c1. The third-order valence-electron chi connectivity index (χ3n) is 1.62. The average Bonchev–Trinajstić information content (AvgIpc) is 2.24. The smallest absolute Gasteiger partial charge is 0.404 e. The average molecular weight is 225 g/mol. The van der Waals surface area contributed by atoms with Crippen molar-refractivity contribution in [1.82, 2.24) is 10.3 Å². The second-order valence-electron chi connectivity index (χ2n) is 2.86. The van der Waals surface area contributed by atoms with Crippen molar-refractivity contribution in [1.29, 1.82) is 0 Å². The molecule has 0 saturated carbocycles. The highest BCUT2D eigenvalue weighted by Gasteiger charge is 2.06. The van der Waals surface area contributed by atoms with Gasteiger partial charge in [-0.25, -0.2) is 4.79 Å². The van der Waals surface area contributed by atoms with Crippen LogP contribution in [-0.2, 0) is 4.74 Å². The van der Waals surface area contributed by atoms with Crippen molar-refractivity contribution in [3.8, 4) is 5.75 Å². The van der Waals surface area contributed by atoms with Gasteiger partial charge in [0.1, 0.15) is 12.4 Å². The zero-order valence-corrected chi connectivity index (χ0v) is 8.34. The van der Waals surface area contributed by atoms with E-state index in [2.05, 4.69) is 15.0 Å². The van der Waals surface area contributed by atoms with Crippen LogP contribution in [0.5, 0.6) is 5.75 Å². The molecule has 0 aliphatic carbocycles. The maximum absolute atomic E-state index is 11.4. The Morgan fingerprint density at radius 3 is 2.88 bits per heavy atom. The van der Waals surface area contributed by atoms with Gasteiger partial charge in [0.2, 0.25) is 0 Å². The Kier molecular flexibility index (Phi) is 4.07. The van der Waals surface area contributed by atoms with E-state index in [4.69, 9.17) is 10.8 Å². The topological polar surface area (TPSA) is 115 Å². The second-order valence-corrected chi connectivity index (χ2v) is 2.86. The van der Waals surface area contributed by atoms with Gasteiger partial charge < -0.3 is 20.9 Å². The number of amides is 2. The van der Waals surface area contributed by atoms with Gasteiger partial charge in [0.15, 0.2) is 0 Å². The molecule has 7 nitrogen and oxygen atoms in total. The summed E-state index contributed by atoms with van der Waals surface area (Å²) in [5, 5.41) is 11.5. The number of carbonyl (C=O) groups excluding carboxylic acids is 2. The van der Waals surface area contributed by atoms with E-state index >= 15 is 0 Å². The Labute approximate surface area is 91.2 Å². The number of hydrogen-bond donors (Lipinski definition) is 3. The summed E-state index contributed by atoms with van der Waals surface area (Å²) in [6.45, 7) is 0.130. The van der Waals surface area contributed by atoms with Crippen molar-refractivity contribution in [3.05, 3.63) is 24.0 Å². The fraction of sp³-hybridized carbons (Fsp3) is 0.222. The lowest BCUT2D eigenvalue weighted by atomic mass is 10.2. The Morgan fingerprint density at radius 2 is 2.25 bits per heavy atom. The number of hydrogen-bond acceptors (Lipinski definition) is 5. The Balaban J connectivity index is 2.38. The highest BCUT2D eigenvalue weighted by Crippen LogP contribution is 2.07. The Bertz CT molecular complexity index is 394. The molecule has 0 radical (unpaired) electrons. The molecule has 1 aromatic rings. The van der Waals surface area contributed by atoms with Crippen molar-refractivity contribution in [2.45, 2.75) is 0 Å². The largest absolute Gasteiger partial charge is 0.506 e. The molecular weight excluding hydrogens is 214 g/mol. The highest BCUT2D eigenvalue weighted by atomic mass is 16.5. The Hall–Kier alpha value is -2.31. The third kappa shape index (κ3) is 3.82. The van der Waals surface area contributed by atoms with Gasteiger partial charge in [0.25, 0.3) is 5.91 Å². The molecule has 0 aromatic carbocycles. The van der Waals surface area contributed by atoms with Gasteiger partial charge in [-0.3, -0.25) is 9.78 Å². The molecule has 0 fully saturated rings. The second kappa shape index (κ2) is 5.54. The number of nitrogens with zero attached hydrogens (tertiary/aromatic N) is 1. The van der Waals surface area contributed by atoms with Crippen LogP contribution >= 0.6 is 0 Å². The Morgan fingerprint density at radius 1 is 1.50 bits per heavy atom. The molecular formula is C9H11N3O4. The number of nitrogens with two attached hydrogens (primary N) is 1. The summed E-state index contributed by atoms with van der Waals surface area (Å²) in [6, 6.07) is 1.28.